The molecule has 16 nitrogen and oxygen atoms in total. The van der Waals surface area contributed by atoms with Crippen LogP contribution in [0.4, 0.5) is 0 Å². The summed E-state index contributed by atoms with van der Waals surface area (Å²) in [6, 6.07) is -5.92. The molecule has 35 heavy (non-hydrogen) atoms. The summed E-state index contributed by atoms with van der Waals surface area (Å²) in [6.45, 7) is 2.47. The number of nitrogens with two attached hydrogens (primary N) is 3. The highest BCUT2D eigenvalue weighted by Gasteiger charge is 2.34. The summed E-state index contributed by atoms with van der Waals surface area (Å²) < 4.78 is 0. The van der Waals surface area contributed by atoms with E-state index in [2.05, 4.69) is 15.6 Å². The quantitative estimate of drug-likeness (QED) is 0.0539. The van der Waals surface area contributed by atoms with Crippen molar-refractivity contribution in [3.63, 3.8) is 0 Å². The number of aliphatic hydroxyl groups excluding tert-OH is 2. The van der Waals surface area contributed by atoms with Crippen LogP contribution in [0.2, 0.25) is 0 Å². The van der Waals surface area contributed by atoms with Gasteiger partial charge in [0, 0.05) is 13.0 Å². The number of nitrogens with zero attached hydrogens (tertiary/aromatic N) is 1. The fourth-order valence-electron chi connectivity index (χ4n) is 2.76. The predicted molar refractivity (Wildman–Crippen MR) is 122 cm³/mol. The van der Waals surface area contributed by atoms with E-state index >= 15 is 0 Å². The summed E-state index contributed by atoms with van der Waals surface area (Å²) in [6.07, 6.45) is -3.41. The van der Waals surface area contributed by atoms with Crippen molar-refractivity contribution in [1.29, 1.82) is 0 Å². The first-order valence-corrected chi connectivity index (χ1v) is 10.7. The van der Waals surface area contributed by atoms with Gasteiger partial charge in [-0.05, 0) is 33.1 Å². The van der Waals surface area contributed by atoms with Gasteiger partial charge >= 0.3 is 11.9 Å². The molecule has 0 aliphatic rings. The van der Waals surface area contributed by atoms with Crippen LogP contribution in [0.15, 0.2) is 4.99 Å². The molecule has 0 fully saturated rings. The van der Waals surface area contributed by atoms with E-state index in [9.17, 15) is 34.2 Å². The molecule has 16 heteroatoms. The fourth-order valence-corrected chi connectivity index (χ4v) is 2.76. The largest absolute Gasteiger partial charge is 0.481 e. The molecule has 0 saturated carbocycles. The average molecular weight is 506 g/mol. The molecule has 200 valence electrons. The van der Waals surface area contributed by atoms with Crippen molar-refractivity contribution < 1.29 is 44.4 Å². The molecule has 0 aromatic rings. The summed E-state index contributed by atoms with van der Waals surface area (Å²) >= 11 is 0. The molecule has 6 atom stereocenters. The van der Waals surface area contributed by atoms with Crippen LogP contribution in [-0.4, -0.2) is 99.0 Å². The Hall–Kier alpha value is -3.50. The molecule has 13 N–H and O–H groups in total. The number of carbonyl (C=O) groups is 5. The van der Waals surface area contributed by atoms with Crippen LogP contribution in [0, 0.1) is 0 Å². The van der Waals surface area contributed by atoms with E-state index in [-0.39, 0.29) is 25.3 Å². The summed E-state index contributed by atoms with van der Waals surface area (Å²) in [5.41, 5.74) is 16.2. The zero-order chi connectivity index (χ0) is 27.3. The first-order chi connectivity index (χ1) is 16.2. The molecule has 0 bridgehead atoms. The number of aliphatic hydroxyl groups is 2. The van der Waals surface area contributed by atoms with E-state index in [0.29, 0.717) is 6.42 Å². The summed E-state index contributed by atoms with van der Waals surface area (Å²) in [7, 11) is 0. The second-order valence-electron chi connectivity index (χ2n) is 7.84. The Bertz CT molecular complexity index is 785. The van der Waals surface area contributed by atoms with Gasteiger partial charge in [-0.2, -0.15) is 0 Å². The predicted octanol–water partition coefficient (Wildman–Crippen LogP) is -4.47. The summed E-state index contributed by atoms with van der Waals surface area (Å²) in [4.78, 5) is 63.6. The number of carboxylic acid groups (broad SMARTS) is 2. The van der Waals surface area contributed by atoms with Crippen molar-refractivity contribution in [3.8, 4) is 0 Å². The molecule has 0 rings (SSSR count). The Kier molecular flexibility index (Phi) is 13.9. The van der Waals surface area contributed by atoms with Crippen molar-refractivity contribution in [2.24, 2.45) is 22.2 Å². The lowest BCUT2D eigenvalue weighted by molar-refractivity contribution is -0.146. The Labute approximate surface area is 201 Å². The van der Waals surface area contributed by atoms with Crippen LogP contribution in [-0.2, 0) is 24.0 Å². The number of hydrogen-bond acceptors (Lipinski definition) is 9. The standard InChI is InChI=1S/C19H35N7O9/c1-8(27)13(17(33)26-14(9(2)28)18(34)35)25-16(32)11(5-6-12(29)30)24-15(31)10(20)4-3-7-23-19(21)22/h8-11,13-14,27-28H,3-7,20H2,1-2H3,(H,24,31)(H,25,32)(H,26,33)(H,29,30)(H,34,35)(H4,21,22,23). The minimum absolute atomic E-state index is 0.131. The first-order valence-electron chi connectivity index (χ1n) is 10.7. The minimum Gasteiger partial charge on any atom is -0.481 e. The van der Waals surface area contributed by atoms with Gasteiger partial charge in [0.05, 0.1) is 18.2 Å². The van der Waals surface area contributed by atoms with Gasteiger partial charge < -0.3 is 53.6 Å². The van der Waals surface area contributed by atoms with Gasteiger partial charge in [-0.25, -0.2) is 4.79 Å². The minimum atomic E-state index is -1.72. The molecular weight excluding hydrogens is 470 g/mol. The van der Waals surface area contributed by atoms with Gasteiger partial charge in [-0.3, -0.25) is 24.2 Å². The molecule has 3 amide bonds. The average Bonchev–Trinajstić information content (AvgIpc) is 2.74. The number of carbonyl (C=O) groups excluding carboxylic acids is 3. The molecule has 0 spiro atoms. The van der Waals surface area contributed by atoms with Crippen LogP contribution < -0.4 is 33.2 Å². The van der Waals surface area contributed by atoms with Gasteiger partial charge in [-0.1, -0.05) is 0 Å². The third kappa shape index (κ3) is 12.5. The Morgan fingerprint density at radius 3 is 1.83 bits per heavy atom. The van der Waals surface area contributed by atoms with Crippen molar-refractivity contribution in [1.82, 2.24) is 16.0 Å². The van der Waals surface area contributed by atoms with Crippen LogP contribution in [0.25, 0.3) is 0 Å². The third-order valence-corrected chi connectivity index (χ3v) is 4.69. The van der Waals surface area contributed by atoms with Crippen LogP contribution in [0.1, 0.15) is 39.5 Å². The molecule has 0 heterocycles. The second kappa shape index (κ2) is 15.4. The normalized spacial score (nSPS) is 15.9. The number of guanidine groups is 1. The number of nitrogens with one attached hydrogen (secondary N) is 3. The van der Waals surface area contributed by atoms with E-state index in [1.807, 2.05) is 5.32 Å². The van der Waals surface area contributed by atoms with Crippen molar-refractivity contribution in [3.05, 3.63) is 0 Å². The second-order valence-corrected chi connectivity index (χ2v) is 7.84. The molecule has 0 aromatic carbocycles. The lowest BCUT2D eigenvalue weighted by Gasteiger charge is -2.27. The van der Waals surface area contributed by atoms with Crippen LogP contribution in [0.3, 0.4) is 0 Å². The maximum atomic E-state index is 12.8. The Balaban J connectivity index is 5.39. The molecular formula is C19H35N7O9. The van der Waals surface area contributed by atoms with Gasteiger partial charge in [0.1, 0.15) is 12.1 Å². The highest BCUT2D eigenvalue weighted by atomic mass is 16.4. The van der Waals surface area contributed by atoms with E-state index in [4.69, 9.17) is 27.4 Å². The van der Waals surface area contributed by atoms with Gasteiger partial charge in [0.25, 0.3) is 0 Å². The van der Waals surface area contributed by atoms with Crippen molar-refractivity contribution in [2.75, 3.05) is 6.54 Å². The number of rotatable bonds is 16. The summed E-state index contributed by atoms with van der Waals surface area (Å²) in [5, 5.41) is 44.0. The van der Waals surface area contributed by atoms with Crippen molar-refractivity contribution in [2.45, 2.75) is 75.9 Å². The Morgan fingerprint density at radius 2 is 1.37 bits per heavy atom. The molecule has 0 aliphatic carbocycles. The number of amides is 3. The highest BCUT2D eigenvalue weighted by molar-refractivity contribution is 5.94. The molecule has 0 saturated heterocycles. The fraction of sp³-hybridized carbons (Fsp3) is 0.684. The van der Waals surface area contributed by atoms with E-state index < -0.39 is 72.5 Å². The van der Waals surface area contributed by atoms with E-state index in [0.717, 1.165) is 13.8 Å². The third-order valence-electron chi connectivity index (χ3n) is 4.69. The molecule has 0 radical (unpaired) electrons. The van der Waals surface area contributed by atoms with Gasteiger partial charge in [0.15, 0.2) is 12.0 Å². The smallest absolute Gasteiger partial charge is 0.328 e. The zero-order valence-corrected chi connectivity index (χ0v) is 19.5. The SMILES string of the molecule is CC(O)C(NC(=O)C(NC(=O)C(CCC(=O)O)NC(=O)C(N)CCCN=C(N)N)C(C)O)C(=O)O. The number of hydrogen-bond donors (Lipinski definition) is 10. The zero-order valence-electron chi connectivity index (χ0n) is 19.5. The topological polar surface area (TPSA) is 293 Å². The highest BCUT2D eigenvalue weighted by Crippen LogP contribution is 2.04. The number of carboxylic acids is 2. The van der Waals surface area contributed by atoms with Crippen LogP contribution >= 0.6 is 0 Å². The number of aliphatic carboxylic acids is 2. The Morgan fingerprint density at radius 1 is 0.829 bits per heavy atom. The summed E-state index contributed by atoms with van der Waals surface area (Å²) in [5.74, 6) is -5.86. The lowest BCUT2D eigenvalue weighted by Crippen LogP contribution is -2.60. The number of aliphatic imine (C=N–C) groups is 1. The maximum Gasteiger partial charge on any atom is 0.328 e. The van der Waals surface area contributed by atoms with Gasteiger partial charge in [-0.15, -0.1) is 0 Å². The first kappa shape index (κ1) is 31.5. The molecule has 0 aromatic heterocycles. The van der Waals surface area contributed by atoms with Gasteiger partial charge in [0.2, 0.25) is 17.7 Å². The maximum absolute atomic E-state index is 12.8. The lowest BCUT2D eigenvalue weighted by atomic mass is 10.1. The molecule has 6 unspecified atom stereocenters. The van der Waals surface area contributed by atoms with Crippen molar-refractivity contribution >= 4 is 35.6 Å². The van der Waals surface area contributed by atoms with E-state index in [1.54, 1.807) is 0 Å². The monoisotopic (exact) mass is 505 g/mol. The molecule has 0 aliphatic heterocycles. The van der Waals surface area contributed by atoms with Crippen LogP contribution in [0.5, 0.6) is 0 Å². The van der Waals surface area contributed by atoms with E-state index in [1.165, 1.54) is 0 Å².